The summed E-state index contributed by atoms with van der Waals surface area (Å²) < 4.78 is 32.5. The SMILES string of the molecule is Cc1ccc(C)c(S(=O)(=O)NCCNC(=O)COc2ccccc2Cl)c1. The van der Waals surface area contributed by atoms with Crippen LogP contribution in [0.25, 0.3) is 0 Å². The number of rotatable bonds is 8. The van der Waals surface area contributed by atoms with E-state index in [9.17, 15) is 13.2 Å². The zero-order chi connectivity index (χ0) is 19.2. The van der Waals surface area contributed by atoms with E-state index in [0.717, 1.165) is 5.56 Å². The highest BCUT2D eigenvalue weighted by Gasteiger charge is 2.16. The number of amides is 1. The van der Waals surface area contributed by atoms with Crippen LogP contribution in [-0.4, -0.2) is 34.0 Å². The van der Waals surface area contributed by atoms with E-state index in [-0.39, 0.29) is 30.5 Å². The zero-order valence-electron chi connectivity index (χ0n) is 14.6. The average Bonchev–Trinajstić information content (AvgIpc) is 2.60. The summed E-state index contributed by atoms with van der Waals surface area (Å²) in [6.07, 6.45) is 0. The molecule has 0 atom stereocenters. The molecule has 2 aromatic rings. The topological polar surface area (TPSA) is 84.5 Å². The van der Waals surface area contributed by atoms with E-state index in [2.05, 4.69) is 10.0 Å². The molecule has 0 saturated heterocycles. The van der Waals surface area contributed by atoms with Crippen molar-refractivity contribution in [2.75, 3.05) is 19.7 Å². The minimum Gasteiger partial charge on any atom is -0.482 e. The highest BCUT2D eigenvalue weighted by atomic mass is 35.5. The van der Waals surface area contributed by atoms with Crippen LogP contribution < -0.4 is 14.8 Å². The van der Waals surface area contributed by atoms with Crippen LogP contribution in [0.1, 0.15) is 11.1 Å². The first-order valence-corrected chi connectivity index (χ1v) is 9.86. The van der Waals surface area contributed by atoms with Crippen molar-refractivity contribution in [1.29, 1.82) is 0 Å². The Morgan fingerprint density at radius 3 is 2.58 bits per heavy atom. The Hall–Kier alpha value is -2.09. The molecular weight excluding hydrogens is 376 g/mol. The van der Waals surface area contributed by atoms with Gasteiger partial charge in [0, 0.05) is 13.1 Å². The molecule has 0 saturated carbocycles. The van der Waals surface area contributed by atoms with Crippen LogP contribution in [-0.2, 0) is 14.8 Å². The molecule has 0 bridgehead atoms. The molecule has 0 aliphatic carbocycles. The highest BCUT2D eigenvalue weighted by molar-refractivity contribution is 7.89. The first-order valence-electron chi connectivity index (χ1n) is 8.00. The zero-order valence-corrected chi connectivity index (χ0v) is 16.2. The van der Waals surface area contributed by atoms with Crippen LogP contribution in [0.4, 0.5) is 0 Å². The number of carbonyl (C=O) groups is 1. The van der Waals surface area contributed by atoms with E-state index in [1.807, 2.05) is 13.0 Å². The molecule has 1 amide bonds. The van der Waals surface area contributed by atoms with Crippen LogP contribution in [0.15, 0.2) is 47.4 Å². The standard InChI is InChI=1S/C18H21ClN2O4S/c1-13-7-8-14(2)17(11-13)26(23,24)21-10-9-20-18(22)12-25-16-6-4-3-5-15(16)19/h3-8,11,21H,9-10,12H2,1-2H3,(H,20,22). The van der Waals surface area contributed by atoms with Gasteiger partial charge in [-0.2, -0.15) is 0 Å². The fourth-order valence-corrected chi connectivity index (χ4v) is 3.77. The van der Waals surface area contributed by atoms with E-state index in [0.29, 0.717) is 16.3 Å². The molecular formula is C18H21ClN2O4S. The van der Waals surface area contributed by atoms with Crippen LogP contribution in [0.5, 0.6) is 5.75 Å². The molecule has 0 unspecified atom stereocenters. The molecule has 0 heterocycles. The molecule has 2 aromatic carbocycles. The Kier molecular flexibility index (Phi) is 7.02. The third-order valence-electron chi connectivity index (χ3n) is 3.57. The van der Waals surface area contributed by atoms with Gasteiger partial charge >= 0.3 is 0 Å². The van der Waals surface area contributed by atoms with Gasteiger partial charge in [0.1, 0.15) is 5.75 Å². The summed E-state index contributed by atoms with van der Waals surface area (Å²) in [6.45, 7) is 3.59. The lowest BCUT2D eigenvalue weighted by atomic mass is 10.2. The Morgan fingerprint density at radius 1 is 1.12 bits per heavy atom. The van der Waals surface area contributed by atoms with Gasteiger partial charge < -0.3 is 10.1 Å². The van der Waals surface area contributed by atoms with E-state index in [1.165, 1.54) is 0 Å². The maximum atomic E-state index is 12.3. The van der Waals surface area contributed by atoms with Gasteiger partial charge in [0.15, 0.2) is 6.61 Å². The largest absolute Gasteiger partial charge is 0.482 e. The second-order valence-electron chi connectivity index (χ2n) is 5.74. The second-order valence-corrected chi connectivity index (χ2v) is 7.88. The highest BCUT2D eigenvalue weighted by Crippen LogP contribution is 2.22. The van der Waals surface area contributed by atoms with E-state index in [4.69, 9.17) is 16.3 Å². The Balaban J connectivity index is 1.78. The molecule has 8 heteroatoms. The predicted octanol–water partition coefficient (Wildman–Crippen LogP) is 2.43. The van der Waals surface area contributed by atoms with Crippen molar-refractivity contribution in [3.63, 3.8) is 0 Å². The van der Waals surface area contributed by atoms with Gasteiger partial charge in [-0.15, -0.1) is 0 Å². The number of carbonyl (C=O) groups excluding carboxylic acids is 1. The lowest BCUT2D eigenvalue weighted by molar-refractivity contribution is -0.123. The minimum absolute atomic E-state index is 0.0769. The second kappa shape index (κ2) is 9.02. The Labute approximate surface area is 158 Å². The normalized spacial score (nSPS) is 11.2. The molecule has 26 heavy (non-hydrogen) atoms. The fraction of sp³-hybridized carbons (Fsp3) is 0.278. The molecule has 2 rings (SSSR count). The van der Waals surface area contributed by atoms with E-state index >= 15 is 0 Å². The number of para-hydroxylation sites is 1. The third kappa shape index (κ3) is 5.72. The molecule has 0 radical (unpaired) electrons. The van der Waals surface area contributed by atoms with Crippen molar-refractivity contribution >= 4 is 27.5 Å². The van der Waals surface area contributed by atoms with Gasteiger partial charge in [-0.3, -0.25) is 4.79 Å². The van der Waals surface area contributed by atoms with Crippen molar-refractivity contribution in [3.8, 4) is 5.75 Å². The van der Waals surface area contributed by atoms with Crippen LogP contribution >= 0.6 is 11.6 Å². The Morgan fingerprint density at radius 2 is 1.85 bits per heavy atom. The van der Waals surface area contributed by atoms with Gasteiger partial charge in [-0.05, 0) is 43.2 Å². The van der Waals surface area contributed by atoms with Gasteiger partial charge in [0.05, 0.1) is 9.92 Å². The van der Waals surface area contributed by atoms with Crippen LogP contribution in [0, 0.1) is 13.8 Å². The first kappa shape index (κ1) is 20.2. The molecule has 6 nitrogen and oxygen atoms in total. The van der Waals surface area contributed by atoms with Crippen LogP contribution in [0.3, 0.4) is 0 Å². The summed E-state index contributed by atoms with van der Waals surface area (Å²) in [5.74, 6) is 0.0517. The summed E-state index contributed by atoms with van der Waals surface area (Å²) in [4.78, 5) is 12.0. The van der Waals surface area contributed by atoms with Crippen molar-refractivity contribution in [2.24, 2.45) is 0 Å². The van der Waals surface area contributed by atoms with E-state index < -0.39 is 10.0 Å². The number of halogens is 1. The van der Waals surface area contributed by atoms with Gasteiger partial charge in [-0.1, -0.05) is 35.9 Å². The number of aryl methyl sites for hydroxylation is 2. The fourth-order valence-electron chi connectivity index (χ4n) is 2.22. The summed E-state index contributed by atoms with van der Waals surface area (Å²) in [6, 6.07) is 12.1. The summed E-state index contributed by atoms with van der Waals surface area (Å²) >= 11 is 5.93. The van der Waals surface area contributed by atoms with E-state index in [1.54, 1.807) is 43.3 Å². The number of hydrogen-bond acceptors (Lipinski definition) is 4. The lowest BCUT2D eigenvalue weighted by Crippen LogP contribution is -2.37. The van der Waals surface area contributed by atoms with Crippen molar-refractivity contribution < 1.29 is 17.9 Å². The molecule has 0 aliphatic heterocycles. The number of nitrogens with one attached hydrogen (secondary N) is 2. The van der Waals surface area contributed by atoms with Gasteiger partial charge in [0.25, 0.3) is 5.91 Å². The number of sulfonamides is 1. The smallest absolute Gasteiger partial charge is 0.257 e. The average molecular weight is 397 g/mol. The maximum absolute atomic E-state index is 12.3. The van der Waals surface area contributed by atoms with Crippen molar-refractivity contribution in [3.05, 3.63) is 58.6 Å². The molecule has 0 aromatic heterocycles. The molecule has 0 aliphatic rings. The molecule has 140 valence electrons. The lowest BCUT2D eigenvalue weighted by Gasteiger charge is -2.11. The molecule has 0 spiro atoms. The predicted molar refractivity (Wildman–Crippen MR) is 101 cm³/mol. The van der Waals surface area contributed by atoms with Gasteiger partial charge in [-0.25, -0.2) is 13.1 Å². The third-order valence-corrected chi connectivity index (χ3v) is 5.48. The van der Waals surface area contributed by atoms with Crippen molar-refractivity contribution in [1.82, 2.24) is 10.0 Å². The Bertz CT molecular complexity index is 885. The van der Waals surface area contributed by atoms with Crippen molar-refractivity contribution in [2.45, 2.75) is 18.7 Å². The monoisotopic (exact) mass is 396 g/mol. The number of benzene rings is 2. The summed E-state index contributed by atoms with van der Waals surface area (Å²) in [5, 5.41) is 3.01. The number of ether oxygens (including phenoxy) is 1. The minimum atomic E-state index is -3.62. The quantitative estimate of drug-likeness (QED) is 0.671. The van der Waals surface area contributed by atoms with Gasteiger partial charge in [0.2, 0.25) is 10.0 Å². The summed E-state index contributed by atoms with van der Waals surface area (Å²) in [7, 11) is -3.62. The molecule has 0 fully saturated rings. The number of hydrogen-bond donors (Lipinski definition) is 2. The summed E-state index contributed by atoms with van der Waals surface area (Å²) in [5.41, 5.74) is 1.53. The molecule has 2 N–H and O–H groups in total. The maximum Gasteiger partial charge on any atom is 0.257 e. The van der Waals surface area contributed by atoms with Crippen LogP contribution in [0.2, 0.25) is 5.02 Å². The first-order chi connectivity index (χ1) is 12.3.